The molecular formula is C13H11FINO. The van der Waals surface area contributed by atoms with Crippen molar-refractivity contribution in [1.82, 2.24) is 0 Å². The van der Waals surface area contributed by atoms with Gasteiger partial charge in [-0.05, 0) is 52.9 Å². The van der Waals surface area contributed by atoms with E-state index >= 15 is 0 Å². The number of rotatable bonds is 3. The number of benzene rings is 2. The van der Waals surface area contributed by atoms with Gasteiger partial charge in [-0.1, -0.05) is 12.1 Å². The van der Waals surface area contributed by atoms with Crippen LogP contribution in [0.4, 0.5) is 4.39 Å². The lowest BCUT2D eigenvalue weighted by Crippen LogP contribution is -2.01. The molecule has 0 aliphatic heterocycles. The van der Waals surface area contributed by atoms with E-state index < -0.39 is 5.82 Å². The van der Waals surface area contributed by atoms with Crippen LogP contribution in [0.15, 0.2) is 42.5 Å². The third-order valence-electron chi connectivity index (χ3n) is 2.30. The topological polar surface area (TPSA) is 35.2 Å². The molecule has 2 aromatic carbocycles. The number of nitrogens with two attached hydrogens (primary N) is 1. The largest absolute Gasteiger partial charge is 0.454 e. The summed E-state index contributed by atoms with van der Waals surface area (Å²) in [6.07, 6.45) is 0. The molecule has 88 valence electrons. The van der Waals surface area contributed by atoms with Crippen LogP contribution in [-0.2, 0) is 6.54 Å². The van der Waals surface area contributed by atoms with Gasteiger partial charge in [0.15, 0.2) is 11.6 Å². The molecule has 0 heterocycles. The normalized spacial score (nSPS) is 10.3. The van der Waals surface area contributed by atoms with Crippen LogP contribution in [0.5, 0.6) is 11.5 Å². The minimum atomic E-state index is -0.397. The Kier molecular flexibility index (Phi) is 3.96. The predicted octanol–water partition coefficient (Wildman–Crippen LogP) is 3.68. The van der Waals surface area contributed by atoms with Crippen LogP contribution >= 0.6 is 22.6 Å². The fourth-order valence-corrected chi connectivity index (χ4v) is 1.81. The molecule has 0 bridgehead atoms. The van der Waals surface area contributed by atoms with Gasteiger partial charge in [0, 0.05) is 15.7 Å². The fraction of sp³-hybridized carbons (Fsp3) is 0.0769. The van der Waals surface area contributed by atoms with Crippen molar-refractivity contribution in [2.75, 3.05) is 0 Å². The quantitative estimate of drug-likeness (QED) is 0.863. The molecule has 0 aliphatic rings. The van der Waals surface area contributed by atoms with Gasteiger partial charge in [-0.3, -0.25) is 0 Å². The Morgan fingerprint density at radius 2 is 1.82 bits per heavy atom. The molecule has 0 aliphatic carbocycles. The van der Waals surface area contributed by atoms with Crippen molar-refractivity contribution in [3.8, 4) is 11.5 Å². The van der Waals surface area contributed by atoms with Gasteiger partial charge in [0.1, 0.15) is 5.75 Å². The van der Waals surface area contributed by atoms with Crippen LogP contribution in [0.3, 0.4) is 0 Å². The van der Waals surface area contributed by atoms with E-state index in [9.17, 15) is 4.39 Å². The number of halogens is 2. The average molecular weight is 343 g/mol. The maximum atomic E-state index is 13.6. The lowest BCUT2D eigenvalue weighted by molar-refractivity contribution is 0.436. The molecule has 2 rings (SSSR count). The highest BCUT2D eigenvalue weighted by atomic mass is 127. The van der Waals surface area contributed by atoms with E-state index in [0.29, 0.717) is 11.3 Å². The summed E-state index contributed by atoms with van der Waals surface area (Å²) >= 11 is 2.20. The molecule has 2 aromatic rings. The van der Waals surface area contributed by atoms with Crippen LogP contribution in [-0.4, -0.2) is 0 Å². The van der Waals surface area contributed by atoms with Crippen LogP contribution in [0.25, 0.3) is 0 Å². The van der Waals surface area contributed by atoms with Crippen molar-refractivity contribution in [3.05, 3.63) is 57.4 Å². The second-order valence-electron chi connectivity index (χ2n) is 3.49. The molecular weight excluding hydrogens is 332 g/mol. The first-order valence-electron chi connectivity index (χ1n) is 5.11. The summed E-state index contributed by atoms with van der Waals surface area (Å²) in [5.74, 6) is 0.410. The molecule has 0 amide bonds. The van der Waals surface area contributed by atoms with E-state index in [-0.39, 0.29) is 12.3 Å². The maximum absolute atomic E-state index is 13.6. The molecule has 0 saturated heterocycles. The van der Waals surface area contributed by atoms with Crippen molar-refractivity contribution < 1.29 is 9.13 Å². The van der Waals surface area contributed by atoms with Gasteiger partial charge >= 0.3 is 0 Å². The Balaban J connectivity index is 2.32. The molecule has 0 spiro atoms. The van der Waals surface area contributed by atoms with E-state index in [0.717, 1.165) is 3.57 Å². The molecule has 0 atom stereocenters. The Labute approximate surface area is 113 Å². The van der Waals surface area contributed by atoms with E-state index in [1.54, 1.807) is 24.3 Å². The van der Waals surface area contributed by atoms with Crippen molar-refractivity contribution >= 4 is 22.6 Å². The molecule has 0 aromatic heterocycles. The number of hydrogen-bond acceptors (Lipinski definition) is 2. The number of ether oxygens (including phenoxy) is 1. The first kappa shape index (κ1) is 12.3. The summed E-state index contributed by atoms with van der Waals surface area (Å²) < 4.78 is 20.2. The molecule has 0 fully saturated rings. The molecule has 2 N–H and O–H groups in total. The summed E-state index contributed by atoms with van der Waals surface area (Å²) in [5, 5.41) is 0. The number of para-hydroxylation sites is 1. The van der Waals surface area contributed by atoms with Gasteiger partial charge in [0.2, 0.25) is 0 Å². The Hall–Kier alpha value is -1.14. The zero-order valence-electron chi connectivity index (χ0n) is 8.99. The van der Waals surface area contributed by atoms with Crippen molar-refractivity contribution in [3.63, 3.8) is 0 Å². The molecule has 2 nitrogen and oxygen atoms in total. The molecule has 17 heavy (non-hydrogen) atoms. The zero-order valence-corrected chi connectivity index (χ0v) is 11.1. The van der Waals surface area contributed by atoms with Gasteiger partial charge in [0.05, 0.1) is 0 Å². The third-order valence-corrected chi connectivity index (χ3v) is 3.02. The second-order valence-corrected chi connectivity index (χ2v) is 4.73. The van der Waals surface area contributed by atoms with E-state index in [1.165, 1.54) is 6.07 Å². The van der Waals surface area contributed by atoms with Crippen LogP contribution < -0.4 is 10.5 Å². The predicted molar refractivity (Wildman–Crippen MR) is 73.5 cm³/mol. The highest BCUT2D eigenvalue weighted by Crippen LogP contribution is 2.28. The van der Waals surface area contributed by atoms with Crippen LogP contribution in [0.1, 0.15) is 5.56 Å². The lowest BCUT2D eigenvalue weighted by atomic mass is 10.2. The summed E-state index contributed by atoms with van der Waals surface area (Å²) in [6, 6.07) is 12.1. The van der Waals surface area contributed by atoms with Crippen molar-refractivity contribution in [2.45, 2.75) is 6.54 Å². The minimum absolute atomic E-state index is 0.205. The maximum Gasteiger partial charge on any atom is 0.167 e. The van der Waals surface area contributed by atoms with Gasteiger partial charge in [-0.15, -0.1) is 0 Å². The summed E-state index contributed by atoms with van der Waals surface area (Å²) in [5.41, 5.74) is 6.21. The van der Waals surface area contributed by atoms with Crippen LogP contribution in [0, 0.1) is 9.39 Å². The minimum Gasteiger partial charge on any atom is -0.454 e. The van der Waals surface area contributed by atoms with Crippen molar-refractivity contribution in [1.29, 1.82) is 0 Å². The highest BCUT2D eigenvalue weighted by Gasteiger charge is 2.09. The Bertz CT molecular complexity index is 513. The fourth-order valence-electron chi connectivity index (χ4n) is 1.45. The Morgan fingerprint density at radius 3 is 2.47 bits per heavy atom. The van der Waals surface area contributed by atoms with Crippen molar-refractivity contribution in [2.24, 2.45) is 5.73 Å². The summed E-state index contributed by atoms with van der Waals surface area (Å²) in [6.45, 7) is 0.247. The van der Waals surface area contributed by atoms with E-state index in [1.807, 2.05) is 12.1 Å². The monoisotopic (exact) mass is 343 g/mol. The Morgan fingerprint density at radius 1 is 1.12 bits per heavy atom. The number of hydrogen-bond donors (Lipinski definition) is 1. The zero-order chi connectivity index (χ0) is 12.3. The van der Waals surface area contributed by atoms with Gasteiger partial charge in [-0.2, -0.15) is 0 Å². The standard InChI is InChI=1S/C13H11FINO/c14-12-3-1-2-9(8-16)13(12)17-11-6-4-10(15)5-7-11/h1-7H,8,16H2. The molecule has 0 saturated carbocycles. The lowest BCUT2D eigenvalue weighted by Gasteiger charge is -2.10. The van der Waals surface area contributed by atoms with E-state index in [4.69, 9.17) is 10.5 Å². The highest BCUT2D eigenvalue weighted by molar-refractivity contribution is 14.1. The first-order chi connectivity index (χ1) is 8.20. The van der Waals surface area contributed by atoms with Gasteiger partial charge in [-0.25, -0.2) is 4.39 Å². The first-order valence-corrected chi connectivity index (χ1v) is 6.19. The van der Waals surface area contributed by atoms with Gasteiger partial charge < -0.3 is 10.5 Å². The van der Waals surface area contributed by atoms with Gasteiger partial charge in [0.25, 0.3) is 0 Å². The molecule has 0 radical (unpaired) electrons. The third kappa shape index (κ3) is 2.95. The smallest absolute Gasteiger partial charge is 0.167 e. The van der Waals surface area contributed by atoms with Crippen LogP contribution in [0.2, 0.25) is 0 Å². The summed E-state index contributed by atoms with van der Waals surface area (Å²) in [4.78, 5) is 0. The second kappa shape index (κ2) is 5.46. The molecule has 0 unspecified atom stereocenters. The SMILES string of the molecule is NCc1cccc(F)c1Oc1ccc(I)cc1. The summed E-state index contributed by atoms with van der Waals surface area (Å²) in [7, 11) is 0. The molecule has 4 heteroatoms. The average Bonchev–Trinajstić information content (AvgIpc) is 2.34. The van der Waals surface area contributed by atoms with E-state index in [2.05, 4.69) is 22.6 Å².